The smallest absolute Gasteiger partial charge is 0.251 e. The second-order valence-electron chi connectivity index (χ2n) is 7.96. The van der Waals surface area contributed by atoms with Gasteiger partial charge in [-0.3, -0.25) is 9.69 Å². The van der Waals surface area contributed by atoms with Crippen LogP contribution >= 0.6 is 0 Å². The van der Waals surface area contributed by atoms with Crippen LogP contribution in [0.5, 0.6) is 0 Å². The van der Waals surface area contributed by atoms with Gasteiger partial charge in [-0.05, 0) is 74.0 Å². The van der Waals surface area contributed by atoms with Crippen molar-refractivity contribution < 1.29 is 4.79 Å². The van der Waals surface area contributed by atoms with Gasteiger partial charge in [-0.2, -0.15) is 0 Å². The molecule has 2 aromatic rings. The number of likely N-dealkylation sites (tertiary alicyclic amines) is 1. The molecule has 1 heterocycles. The van der Waals surface area contributed by atoms with E-state index in [0.29, 0.717) is 6.54 Å². The van der Waals surface area contributed by atoms with Crippen LogP contribution in [0.1, 0.15) is 66.1 Å². The molecule has 28 heavy (non-hydrogen) atoms. The number of nitrogens with one attached hydrogen (secondary N) is 1. The van der Waals surface area contributed by atoms with Crippen LogP contribution in [-0.4, -0.2) is 30.4 Å². The second kappa shape index (κ2) is 11.0. The van der Waals surface area contributed by atoms with E-state index in [9.17, 15) is 4.79 Å². The molecule has 0 spiro atoms. The van der Waals surface area contributed by atoms with Gasteiger partial charge in [0.1, 0.15) is 0 Å². The van der Waals surface area contributed by atoms with Crippen LogP contribution in [0.2, 0.25) is 0 Å². The molecule has 1 amide bonds. The van der Waals surface area contributed by atoms with Crippen molar-refractivity contribution in [1.29, 1.82) is 0 Å². The van der Waals surface area contributed by atoms with Gasteiger partial charge in [0.05, 0.1) is 0 Å². The van der Waals surface area contributed by atoms with Crippen molar-refractivity contribution in [3.05, 3.63) is 70.8 Å². The van der Waals surface area contributed by atoms with Gasteiger partial charge in [0.25, 0.3) is 5.91 Å². The summed E-state index contributed by atoms with van der Waals surface area (Å²) in [4.78, 5) is 14.9. The predicted octanol–water partition coefficient (Wildman–Crippen LogP) is 4.99. The number of hydrogen-bond donors (Lipinski definition) is 1. The molecular weight excluding hydrogens is 344 g/mol. The standard InChI is InChI=1S/C25H34N2O/c1-2-3-4-7-21-12-14-24(15-13-21)25(28)26-17-16-22-8-10-23(11-9-22)20-27-18-5-6-19-27/h8-15H,2-7,16-20H2,1H3,(H,26,28). The summed E-state index contributed by atoms with van der Waals surface area (Å²) < 4.78 is 0. The minimum atomic E-state index is 0.0192. The van der Waals surface area contributed by atoms with Crippen LogP contribution in [0.25, 0.3) is 0 Å². The van der Waals surface area contributed by atoms with E-state index < -0.39 is 0 Å². The fourth-order valence-corrected chi connectivity index (χ4v) is 3.83. The molecule has 3 nitrogen and oxygen atoms in total. The number of carbonyl (C=O) groups is 1. The van der Waals surface area contributed by atoms with Gasteiger partial charge in [-0.25, -0.2) is 0 Å². The lowest BCUT2D eigenvalue weighted by atomic mass is 10.0. The number of nitrogens with zero attached hydrogens (tertiary/aromatic N) is 1. The Labute approximate surface area is 170 Å². The molecule has 3 heteroatoms. The van der Waals surface area contributed by atoms with Crippen molar-refractivity contribution in [3.8, 4) is 0 Å². The number of hydrogen-bond acceptors (Lipinski definition) is 2. The number of benzene rings is 2. The highest BCUT2D eigenvalue weighted by Crippen LogP contribution is 2.14. The van der Waals surface area contributed by atoms with E-state index in [0.717, 1.165) is 24.9 Å². The summed E-state index contributed by atoms with van der Waals surface area (Å²) in [6, 6.07) is 16.9. The summed E-state index contributed by atoms with van der Waals surface area (Å²) >= 11 is 0. The molecule has 1 N–H and O–H groups in total. The van der Waals surface area contributed by atoms with E-state index in [2.05, 4.69) is 53.5 Å². The summed E-state index contributed by atoms with van der Waals surface area (Å²) in [6.45, 7) is 6.41. The maximum atomic E-state index is 12.3. The largest absolute Gasteiger partial charge is 0.352 e. The summed E-state index contributed by atoms with van der Waals surface area (Å²) in [5.74, 6) is 0.0192. The Bertz CT molecular complexity index is 715. The van der Waals surface area contributed by atoms with E-state index in [1.165, 1.54) is 61.9 Å². The Morgan fingerprint density at radius 2 is 1.46 bits per heavy atom. The molecule has 2 aromatic carbocycles. The van der Waals surface area contributed by atoms with Crippen LogP contribution < -0.4 is 5.32 Å². The van der Waals surface area contributed by atoms with Gasteiger partial charge < -0.3 is 5.32 Å². The van der Waals surface area contributed by atoms with E-state index >= 15 is 0 Å². The van der Waals surface area contributed by atoms with Crippen molar-refractivity contribution in [1.82, 2.24) is 10.2 Å². The van der Waals surface area contributed by atoms with Crippen LogP contribution in [0.3, 0.4) is 0 Å². The first-order chi connectivity index (χ1) is 13.7. The summed E-state index contributed by atoms with van der Waals surface area (Å²) in [6.07, 6.45) is 8.36. The average molecular weight is 379 g/mol. The van der Waals surface area contributed by atoms with E-state index in [1.807, 2.05) is 12.1 Å². The lowest BCUT2D eigenvalue weighted by Crippen LogP contribution is -2.25. The lowest BCUT2D eigenvalue weighted by Gasteiger charge is -2.14. The first-order valence-electron chi connectivity index (χ1n) is 10.9. The highest BCUT2D eigenvalue weighted by molar-refractivity contribution is 5.94. The van der Waals surface area contributed by atoms with Gasteiger partial charge in [0, 0.05) is 18.7 Å². The number of aryl methyl sites for hydroxylation is 1. The van der Waals surface area contributed by atoms with E-state index in [4.69, 9.17) is 0 Å². The molecule has 1 saturated heterocycles. The van der Waals surface area contributed by atoms with Crippen molar-refractivity contribution in [2.75, 3.05) is 19.6 Å². The highest BCUT2D eigenvalue weighted by Gasteiger charge is 2.11. The Hall–Kier alpha value is -2.13. The fourth-order valence-electron chi connectivity index (χ4n) is 3.83. The zero-order valence-corrected chi connectivity index (χ0v) is 17.3. The van der Waals surface area contributed by atoms with Crippen molar-refractivity contribution in [2.24, 2.45) is 0 Å². The van der Waals surface area contributed by atoms with Crippen LogP contribution in [0.15, 0.2) is 48.5 Å². The van der Waals surface area contributed by atoms with Crippen molar-refractivity contribution >= 4 is 5.91 Å². The summed E-state index contributed by atoms with van der Waals surface area (Å²) in [5, 5.41) is 3.05. The predicted molar refractivity (Wildman–Crippen MR) is 117 cm³/mol. The summed E-state index contributed by atoms with van der Waals surface area (Å²) in [5.41, 5.74) is 4.73. The number of carbonyl (C=O) groups excluding carboxylic acids is 1. The molecule has 1 aliphatic rings. The third-order valence-electron chi connectivity index (χ3n) is 5.61. The Morgan fingerprint density at radius 1 is 0.857 bits per heavy atom. The monoisotopic (exact) mass is 378 g/mol. The van der Waals surface area contributed by atoms with Gasteiger partial charge in [0.2, 0.25) is 0 Å². The fraction of sp³-hybridized carbons (Fsp3) is 0.480. The average Bonchev–Trinajstić information content (AvgIpc) is 3.23. The molecule has 0 bridgehead atoms. The Balaban J connectivity index is 1.39. The molecule has 150 valence electrons. The maximum Gasteiger partial charge on any atom is 0.251 e. The molecule has 0 unspecified atom stereocenters. The molecule has 0 saturated carbocycles. The van der Waals surface area contributed by atoms with Crippen LogP contribution in [0, 0.1) is 0 Å². The molecule has 3 rings (SSSR count). The molecule has 1 fully saturated rings. The molecule has 0 aliphatic carbocycles. The Morgan fingerprint density at radius 3 is 2.14 bits per heavy atom. The van der Waals surface area contributed by atoms with Gasteiger partial charge in [0.15, 0.2) is 0 Å². The molecule has 0 atom stereocenters. The maximum absolute atomic E-state index is 12.3. The lowest BCUT2D eigenvalue weighted by molar-refractivity contribution is 0.0954. The first kappa shape index (κ1) is 20.6. The number of unbranched alkanes of at least 4 members (excludes halogenated alkanes) is 2. The normalized spacial score (nSPS) is 14.3. The molecule has 0 aromatic heterocycles. The van der Waals surface area contributed by atoms with Crippen LogP contribution in [0.4, 0.5) is 0 Å². The van der Waals surface area contributed by atoms with Gasteiger partial charge >= 0.3 is 0 Å². The minimum Gasteiger partial charge on any atom is -0.352 e. The van der Waals surface area contributed by atoms with Crippen molar-refractivity contribution in [2.45, 2.75) is 58.4 Å². The highest BCUT2D eigenvalue weighted by atomic mass is 16.1. The number of rotatable bonds is 10. The number of amides is 1. The van der Waals surface area contributed by atoms with Crippen molar-refractivity contribution in [3.63, 3.8) is 0 Å². The molecule has 0 radical (unpaired) electrons. The third-order valence-corrected chi connectivity index (χ3v) is 5.61. The zero-order chi connectivity index (χ0) is 19.6. The van der Waals surface area contributed by atoms with E-state index in [-0.39, 0.29) is 5.91 Å². The van der Waals surface area contributed by atoms with E-state index in [1.54, 1.807) is 0 Å². The Kier molecular flexibility index (Phi) is 8.10. The summed E-state index contributed by atoms with van der Waals surface area (Å²) in [7, 11) is 0. The van der Waals surface area contributed by atoms with Crippen LogP contribution in [-0.2, 0) is 19.4 Å². The second-order valence-corrected chi connectivity index (χ2v) is 7.96. The molecule has 1 aliphatic heterocycles. The topological polar surface area (TPSA) is 32.3 Å². The first-order valence-corrected chi connectivity index (χ1v) is 10.9. The zero-order valence-electron chi connectivity index (χ0n) is 17.3. The quantitative estimate of drug-likeness (QED) is 0.591. The SMILES string of the molecule is CCCCCc1ccc(C(=O)NCCc2ccc(CN3CCCC3)cc2)cc1. The van der Waals surface area contributed by atoms with Gasteiger partial charge in [-0.15, -0.1) is 0 Å². The minimum absolute atomic E-state index is 0.0192. The van der Waals surface area contributed by atoms with Gasteiger partial charge in [-0.1, -0.05) is 56.2 Å². The third kappa shape index (κ3) is 6.49. The molecular formula is C25H34N2O.